The number of rotatable bonds is 3. The van der Waals surface area contributed by atoms with Gasteiger partial charge in [0.05, 0.1) is 5.56 Å². The zero-order valence-corrected chi connectivity index (χ0v) is 16.7. The maximum Gasteiger partial charge on any atom is 0.419 e. The fourth-order valence-corrected chi connectivity index (χ4v) is 4.99. The summed E-state index contributed by atoms with van der Waals surface area (Å²) in [5, 5.41) is 0. The molecule has 0 fully saturated rings. The molecule has 0 aliphatic heterocycles. The second kappa shape index (κ2) is 7.97. The van der Waals surface area contributed by atoms with E-state index in [4.69, 9.17) is 0 Å². The Kier molecular flexibility index (Phi) is 5.54. The highest BCUT2D eigenvalue weighted by atomic mass is 19.4. The molecule has 2 aliphatic carbocycles. The zero-order valence-electron chi connectivity index (χ0n) is 16.7. The molecule has 4 heteroatoms. The summed E-state index contributed by atoms with van der Waals surface area (Å²) in [5.74, 6) is -0.481. The molecule has 0 bridgehead atoms. The topological polar surface area (TPSA) is 0 Å². The second-order valence-electron chi connectivity index (χ2n) is 8.36. The van der Waals surface area contributed by atoms with Gasteiger partial charge in [-0.15, -0.1) is 0 Å². The maximum absolute atomic E-state index is 14.0. The first-order chi connectivity index (χ1) is 13.9. The van der Waals surface area contributed by atoms with Crippen molar-refractivity contribution in [2.24, 2.45) is 5.92 Å². The van der Waals surface area contributed by atoms with E-state index in [0.29, 0.717) is 11.5 Å². The van der Waals surface area contributed by atoms with Crippen molar-refractivity contribution in [2.75, 3.05) is 0 Å². The lowest BCUT2D eigenvalue weighted by Crippen LogP contribution is -2.20. The molecule has 2 atom stereocenters. The highest BCUT2D eigenvalue weighted by Crippen LogP contribution is 2.40. The molecule has 0 spiro atoms. The molecule has 0 saturated carbocycles. The number of hydrogen-bond acceptors (Lipinski definition) is 0. The van der Waals surface area contributed by atoms with Crippen LogP contribution in [-0.2, 0) is 31.9 Å². The van der Waals surface area contributed by atoms with Crippen molar-refractivity contribution < 1.29 is 17.6 Å². The summed E-state index contributed by atoms with van der Waals surface area (Å²) in [7, 11) is 0. The lowest BCUT2D eigenvalue weighted by molar-refractivity contribution is -0.140. The molecular formula is C25H26F4. The average molecular weight is 402 g/mol. The molecular weight excluding hydrogens is 376 g/mol. The molecule has 29 heavy (non-hydrogen) atoms. The number of allylic oxidation sites excluding steroid dienone is 2. The average Bonchev–Trinajstić information content (AvgIpc) is 2.70. The van der Waals surface area contributed by atoms with Gasteiger partial charge >= 0.3 is 6.18 Å². The van der Waals surface area contributed by atoms with Crippen LogP contribution in [0.1, 0.15) is 65.5 Å². The standard InChI is InChI=1S/C25H26F4/c1-2-3-4-16-5-10-21-19(13-16)6-7-20-14-17(8-11-22(20)21)18-9-12-23(24(26)15-18)25(27,28)29/h3-4,6-7,9,12,15-17H,2,5,8,10-11,13-14H2,1H3/b4-3+. The van der Waals surface area contributed by atoms with Gasteiger partial charge in [0.15, 0.2) is 0 Å². The minimum absolute atomic E-state index is 0.0705. The van der Waals surface area contributed by atoms with Gasteiger partial charge in [-0.25, -0.2) is 4.39 Å². The van der Waals surface area contributed by atoms with Gasteiger partial charge < -0.3 is 0 Å². The van der Waals surface area contributed by atoms with Crippen molar-refractivity contribution in [3.63, 3.8) is 0 Å². The van der Waals surface area contributed by atoms with Crippen LogP contribution in [0.5, 0.6) is 0 Å². The summed E-state index contributed by atoms with van der Waals surface area (Å²) < 4.78 is 52.5. The molecule has 2 unspecified atom stereocenters. The van der Waals surface area contributed by atoms with Crippen molar-refractivity contribution in [3.8, 4) is 0 Å². The number of fused-ring (bicyclic) bond motifs is 3. The number of hydrogen-bond donors (Lipinski definition) is 0. The Balaban J connectivity index is 1.55. The van der Waals surface area contributed by atoms with Crippen LogP contribution in [0.2, 0.25) is 0 Å². The molecule has 0 N–H and O–H groups in total. The molecule has 0 aromatic heterocycles. The third-order valence-electron chi connectivity index (χ3n) is 6.50. The van der Waals surface area contributed by atoms with Gasteiger partial charge in [0, 0.05) is 0 Å². The lowest BCUT2D eigenvalue weighted by atomic mass is 9.73. The zero-order chi connectivity index (χ0) is 20.6. The molecule has 2 aromatic rings. The van der Waals surface area contributed by atoms with Crippen LogP contribution in [0.3, 0.4) is 0 Å². The fraction of sp³-hybridized carbons (Fsp3) is 0.440. The monoisotopic (exact) mass is 402 g/mol. The van der Waals surface area contributed by atoms with Crippen molar-refractivity contribution in [3.05, 3.63) is 81.7 Å². The largest absolute Gasteiger partial charge is 0.419 e. The summed E-state index contributed by atoms with van der Waals surface area (Å²) >= 11 is 0. The SMILES string of the molecule is CC/C=C/C1CCc2c(ccc3c2CCC(c2ccc(C(F)(F)F)c(F)c2)C3)C1. The normalized spacial score (nSPS) is 21.8. The maximum atomic E-state index is 14.0. The smallest absolute Gasteiger partial charge is 0.206 e. The molecule has 154 valence electrons. The van der Waals surface area contributed by atoms with E-state index in [0.717, 1.165) is 50.7 Å². The van der Waals surface area contributed by atoms with Crippen molar-refractivity contribution in [1.82, 2.24) is 0 Å². The number of benzene rings is 2. The molecule has 0 amide bonds. The van der Waals surface area contributed by atoms with Gasteiger partial charge in [0.1, 0.15) is 5.82 Å². The van der Waals surface area contributed by atoms with Crippen molar-refractivity contribution >= 4 is 0 Å². The third-order valence-corrected chi connectivity index (χ3v) is 6.50. The number of alkyl halides is 3. The van der Waals surface area contributed by atoms with Crippen LogP contribution in [-0.4, -0.2) is 0 Å². The van der Waals surface area contributed by atoms with Crippen molar-refractivity contribution in [2.45, 2.75) is 64.0 Å². The van der Waals surface area contributed by atoms with Crippen LogP contribution < -0.4 is 0 Å². The third kappa shape index (κ3) is 4.12. The van der Waals surface area contributed by atoms with Gasteiger partial charge in [0.2, 0.25) is 0 Å². The first-order valence-electron chi connectivity index (χ1n) is 10.5. The molecule has 4 rings (SSSR count). The Morgan fingerprint density at radius 3 is 2.31 bits per heavy atom. The van der Waals surface area contributed by atoms with Crippen molar-refractivity contribution in [1.29, 1.82) is 0 Å². The highest BCUT2D eigenvalue weighted by molar-refractivity contribution is 5.46. The minimum atomic E-state index is -4.65. The van der Waals surface area contributed by atoms with Gasteiger partial charge in [-0.1, -0.05) is 37.3 Å². The van der Waals surface area contributed by atoms with E-state index < -0.39 is 17.6 Å². The molecule has 2 aliphatic rings. The molecule has 0 radical (unpaired) electrons. The summed E-state index contributed by atoms with van der Waals surface area (Å²) in [6.45, 7) is 2.16. The Morgan fingerprint density at radius 1 is 0.966 bits per heavy atom. The molecule has 0 saturated heterocycles. The number of halogens is 4. The summed E-state index contributed by atoms with van der Waals surface area (Å²) in [4.78, 5) is 0. The minimum Gasteiger partial charge on any atom is -0.206 e. The van der Waals surface area contributed by atoms with Crippen LogP contribution in [0.25, 0.3) is 0 Å². The predicted octanol–water partition coefficient (Wildman–Crippen LogP) is 7.19. The predicted molar refractivity (Wildman–Crippen MR) is 108 cm³/mol. The van der Waals surface area contributed by atoms with E-state index in [-0.39, 0.29) is 5.92 Å². The Morgan fingerprint density at radius 2 is 1.66 bits per heavy atom. The van der Waals surface area contributed by atoms with Crippen LogP contribution in [0.4, 0.5) is 17.6 Å². The molecule has 2 aromatic carbocycles. The van der Waals surface area contributed by atoms with Gasteiger partial charge in [-0.05, 0) is 96.7 Å². The van der Waals surface area contributed by atoms with E-state index in [1.165, 1.54) is 34.7 Å². The first-order valence-corrected chi connectivity index (χ1v) is 10.5. The van der Waals surface area contributed by atoms with Gasteiger partial charge in [-0.3, -0.25) is 0 Å². The quantitative estimate of drug-likeness (QED) is 0.376. The summed E-state index contributed by atoms with van der Waals surface area (Å²) in [6, 6.07) is 7.84. The van der Waals surface area contributed by atoms with E-state index in [1.54, 1.807) is 0 Å². The first kappa shape index (κ1) is 20.2. The van der Waals surface area contributed by atoms with Gasteiger partial charge in [-0.2, -0.15) is 13.2 Å². The summed E-state index contributed by atoms with van der Waals surface area (Å²) in [6.07, 6.45) is 6.92. The van der Waals surface area contributed by atoms with E-state index in [9.17, 15) is 17.6 Å². The molecule has 0 nitrogen and oxygen atoms in total. The van der Waals surface area contributed by atoms with E-state index in [2.05, 4.69) is 31.2 Å². The molecule has 0 heterocycles. The Bertz CT molecular complexity index is 923. The highest BCUT2D eigenvalue weighted by Gasteiger charge is 2.34. The Hall–Kier alpha value is -2.10. The fourth-order valence-electron chi connectivity index (χ4n) is 4.99. The summed E-state index contributed by atoms with van der Waals surface area (Å²) in [5.41, 5.74) is 5.13. The van der Waals surface area contributed by atoms with Crippen LogP contribution in [0.15, 0.2) is 42.5 Å². The second-order valence-corrected chi connectivity index (χ2v) is 8.36. The lowest BCUT2D eigenvalue weighted by Gasteiger charge is -2.31. The van der Waals surface area contributed by atoms with E-state index >= 15 is 0 Å². The van der Waals surface area contributed by atoms with Gasteiger partial charge in [0.25, 0.3) is 0 Å². The van der Waals surface area contributed by atoms with Crippen LogP contribution >= 0.6 is 0 Å². The van der Waals surface area contributed by atoms with E-state index in [1.807, 2.05) is 0 Å². The van der Waals surface area contributed by atoms with Crippen LogP contribution in [0, 0.1) is 11.7 Å². The Labute approximate surface area is 169 Å².